The lowest BCUT2D eigenvalue weighted by molar-refractivity contribution is 0.147. The van der Waals surface area contributed by atoms with E-state index in [2.05, 4.69) is 26.1 Å². The lowest BCUT2D eigenvalue weighted by atomic mass is 9.89. The Morgan fingerprint density at radius 1 is 1.31 bits per heavy atom. The number of aliphatic hydroxyl groups is 1. The average Bonchev–Trinajstić information content (AvgIpc) is 2.72. The molecule has 1 aliphatic carbocycles. The molecule has 0 amide bonds. The predicted molar refractivity (Wildman–Crippen MR) is 69.5 cm³/mol. The predicted octanol–water partition coefficient (Wildman–Crippen LogP) is 2.95. The highest BCUT2D eigenvalue weighted by atomic mass is 16.3. The van der Waals surface area contributed by atoms with Crippen LogP contribution in [0.2, 0.25) is 0 Å². The summed E-state index contributed by atoms with van der Waals surface area (Å²) >= 11 is 0. The van der Waals surface area contributed by atoms with Crippen molar-refractivity contribution in [3.63, 3.8) is 0 Å². The zero-order valence-corrected chi connectivity index (χ0v) is 11.3. The van der Waals surface area contributed by atoms with Crippen molar-refractivity contribution in [1.82, 2.24) is 5.32 Å². The van der Waals surface area contributed by atoms with Gasteiger partial charge in [-0.3, -0.25) is 0 Å². The van der Waals surface area contributed by atoms with Gasteiger partial charge >= 0.3 is 0 Å². The fourth-order valence-corrected chi connectivity index (χ4v) is 2.58. The molecule has 0 bridgehead atoms. The van der Waals surface area contributed by atoms with Gasteiger partial charge in [-0.25, -0.2) is 0 Å². The molecule has 0 saturated heterocycles. The molecule has 0 heterocycles. The van der Waals surface area contributed by atoms with Crippen molar-refractivity contribution in [2.45, 2.75) is 65.3 Å². The van der Waals surface area contributed by atoms with Crippen LogP contribution in [0.5, 0.6) is 0 Å². The molecule has 1 saturated carbocycles. The molecule has 2 nitrogen and oxygen atoms in total. The molecule has 0 spiro atoms. The van der Waals surface area contributed by atoms with Crippen molar-refractivity contribution < 1.29 is 5.11 Å². The number of rotatable bonds is 7. The van der Waals surface area contributed by atoms with Crippen LogP contribution in [0, 0.1) is 11.3 Å². The molecule has 16 heavy (non-hydrogen) atoms. The summed E-state index contributed by atoms with van der Waals surface area (Å²) in [6.07, 6.45) is 7.79. The minimum absolute atomic E-state index is 0.101. The van der Waals surface area contributed by atoms with Gasteiger partial charge in [0.2, 0.25) is 0 Å². The largest absolute Gasteiger partial charge is 0.396 e. The quantitative estimate of drug-likeness (QED) is 0.655. The summed E-state index contributed by atoms with van der Waals surface area (Å²) in [6.45, 7) is 7.99. The summed E-state index contributed by atoms with van der Waals surface area (Å²) in [5, 5.41) is 12.8. The van der Waals surface area contributed by atoms with Crippen molar-refractivity contribution >= 4 is 0 Å². The molecule has 2 N–H and O–H groups in total. The van der Waals surface area contributed by atoms with Crippen LogP contribution in [0.1, 0.15) is 59.3 Å². The average molecular weight is 227 g/mol. The van der Waals surface area contributed by atoms with Gasteiger partial charge in [0, 0.05) is 12.6 Å². The van der Waals surface area contributed by atoms with Crippen molar-refractivity contribution in [1.29, 1.82) is 0 Å². The van der Waals surface area contributed by atoms with E-state index in [0.717, 1.165) is 24.9 Å². The third-order valence-electron chi connectivity index (χ3n) is 4.01. The Morgan fingerprint density at radius 2 is 2.06 bits per heavy atom. The smallest absolute Gasteiger partial charge is 0.0482 e. The van der Waals surface area contributed by atoms with Gasteiger partial charge in [0.15, 0.2) is 0 Å². The van der Waals surface area contributed by atoms with Crippen LogP contribution < -0.4 is 5.32 Å². The molecule has 0 aromatic carbocycles. The minimum atomic E-state index is 0.101. The second-order valence-corrected chi connectivity index (χ2v) is 6.16. The first-order valence-electron chi connectivity index (χ1n) is 6.91. The monoisotopic (exact) mass is 227 g/mol. The molecule has 2 heteroatoms. The first-order chi connectivity index (χ1) is 7.57. The molecular formula is C14H29NO. The number of aliphatic hydroxyl groups excluding tert-OH is 1. The third kappa shape index (κ3) is 4.84. The molecule has 1 aliphatic rings. The highest BCUT2D eigenvalue weighted by molar-refractivity contribution is 4.80. The van der Waals surface area contributed by atoms with Gasteiger partial charge in [-0.1, -0.05) is 27.2 Å². The van der Waals surface area contributed by atoms with Crippen molar-refractivity contribution in [3.8, 4) is 0 Å². The molecule has 0 aliphatic heterocycles. The van der Waals surface area contributed by atoms with Gasteiger partial charge in [0.05, 0.1) is 0 Å². The topological polar surface area (TPSA) is 32.3 Å². The molecule has 0 aromatic heterocycles. The van der Waals surface area contributed by atoms with E-state index in [1.807, 2.05) is 0 Å². The SMILES string of the molecule is CCC1CCC(NCCCC(C)(C)CO)C1. The van der Waals surface area contributed by atoms with Crippen molar-refractivity contribution in [2.75, 3.05) is 13.2 Å². The fourth-order valence-electron chi connectivity index (χ4n) is 2.58. The molecule has 2 atom stereocenters. The Kier molecular flexibility index (Phi) is 5.77. The fraction of sp³-hybridized carbons (Fsp3) is 1.00. The van der Waals surface area contributed by atoms with Crippen LogP contribution in [0.4, 0.5) is 0 Å². The molecule has 1 fully saturated rings. The highest BCUT2D eigenvalue weighted by Crippen LogP contribution is 2.28. The van der Waals surface area contributed by atoms with Gasteiger partial charge < -0.3 is 10.4 Å². The van der Waals surface area contributed by atoms with Gasteiger partial charge in [-0.05, 0) is 50.0 Å². The molecular weight excluding hydrogens is 198 g/mol. The van der Waals surface area contributed by atoms with Crippen molar-refractivity contribution in [2.24, 2.45) is 11.3 Å². The van der Waals surface area contributed by atoms with Gasteiger partial charge in [0.25, 0.3) is 0 Å². The number of nitrogens with one attached hydrogen (secondary N) is 1. The van der Waals surface area contributed by atoms with Crippen LogP contribution >= 0.6 is 0 Å². The summed E-state index contributed by atoms with van der Waals surface area (Å²) < 4.78 is 0. The van der Waals surface area contributed by atoms with Crippen molar-refractivity contribution in [3.05, 3.63) is 0 Å². The zero-order chi connectivity index (χ0) is 12.0. The van der Waals surface area contributed by atoms with Gasteiger partial charge in [-0.15, -0.1) is 0 Å². The molecule has 0 radical (unpaired) electrons. The Hall–Kier alpha value is -0.0800. The Morgan fingerprint density at radius 3 is 2.62 bits per heavy atom. The summed E-state index contributed by atoms with van der Waals surface area (Å²) in [5.74, 6) is 0.964. The van der Waals surface area contributed by atoms with Crippen LogP contribution in [-0.4, -0.2) is 24.3 Å². The molecule has 96 valence electrons. The van der Waals surface area contributed by atoms with Gasteiger partial charge in [-0.2, -0.15) is 0 Å². The van der Waals surface area contributed by atoms with E-state index in [1.165, 1.54) is 32.1 Å². The highest BCUT2D eigenvalue weighted by Gasteiger charge is 2.22. The number of hydrogen-bond donors (Lipinski definition) is 2. The second-order valence-electron chi connectivity index (χ2n) is 6.16. The standard InChI is InChI=1S/C14H29NO/c1-4-12-6-7-13(10-12)15-9-5-8-14(2,3)11-16/h12-13,15-16H,4-11H2,1-3H3. The Balaban J connectivity index is 2.04. The third-order valence-corrected chi connectivity index (χ3v) is 4.01. The maximum Gasteiger partial charge on any atom is 0.0482 e. The van der Waals surface area contributed by atoms with E-state index in [4.69, 9.17) is 5.11 Å². The summed E-state index contributed by atoms with van der Waals surface area (Å²) in [6, 6.07) is 0.766. The maximum absolute atomic E-state index is 9.15. The van der Waals surface area contributed by atoms with Crippen LogP contribution in [0.3, 0.4) is 0 Å². The normalized spacial score (nSPS) is 26.2. The van der Waals surface area contributed by atoms with Crippen LogP contribution in [0.25, 0.3) is 0 Å². The summed E-state index contributed by atoms with van der Waals surface area (Å²) in [4.78, 5) is 0. The lowest BCUT2D eigenvalue weighted by Crippen LogP contribution is -2.28. The van der Waals surface area contributed by atoms with Gasteiger partial charge in [0.1, 0.15) is 0 Å². The maximum atomic E-state index is 9.15. The minimum Gasteiger partial charge on any atom is -0.396 e. The number of hydrogen-bond acceptors (Lipinski definition) is 2. The molecule has 1 rings (SSSR count). The van der Waals surface area contributed by atoms with E-state index in [0.29, 0.717) is 6.61 Å². The second kappa shape index (κ2) is 6.61. The summed E-state index contributed by atoms with van der Waals surface area (Å²) in [5.41, 5.74) is 0.101. The van der Waals surface area contributed by atoms with E-state index in [-0.39, 0.29) is 5.41 Å². The Bertz CT molecular complexity index is 191. The molecule has 0 aromatic rings. The van der Waals surface area contributed by atoms with Crippen LogP contribution in [-0.2, 0) is 0 Å². The van der Waals surface area contributed by atoms with E-state index < -0.39 is 0 Å². The Labute approximate surface area is 101 Å². The first kappa shape index (κ1) is 14.0. The van der Waals surface area contributed by atoms with E-state index >= 15 is 0 Å². The molecule has 2 unspecified atom stereocenters. The van der Waals surface area contributed by atoms with Crippen LogP contribution in [0.15, 0.2) is 0 Å². The van der Waals surface area contributed by atoms with E-state index in [9.17, 15) is 0 Å². The first-order valence-corrected chi connectivity index (χ1v) is 6.91. The van der Waals surface area contributed by atoms with E-state index in [1.54, 1.807) is 0 Å². The zero-order valence-electron chi connectivity index (χ0n) is 11.3. The summed E-state index contributed by atoms with van der Waals surface area (Å²) in [7, 11) is 0. The lowest BCUT2D eigenvalue weighted by Gasteiger charge is -2.22.